The maximum Gasteiger partial charge on any atom is 0.311 e. The first-order valence-corrected chi connectivity index (χ1v) is 15.2. The first kappa shape index (κ1) is 36.1. The number of unbranched alkanes of at least 4 members (excludes halogenated alkanes) is 15. The van der Waals surface area contributed by atoms with Crippen LogP contribution in [0.5, 0.6) is 0 Å². The van der Waals surface area contributed by atoms with Gasteiger partial charge >= 0.3 is 11.9 Å². The van der Waals surface area contributed by atoms with Gasteiger partial charge in [0.25, 0.3) is 0 Å². The molecule has 0 aromatic heterocycles. The highest BCUT2D eigenvalue weighted by molar-refractivity contribution is 5.70. The van der Waals surface area contributed by atoms with Gasteiger partial charge < -0.3 is 20.1 Å². The molecular formula is C31H57NO6. The molecule has 38 heavy (non-hydrogen) atoms. The van der Waals surface area contributed by atoms with Gasteiger partial charge in [-0.25, -0.2) is 0 Å². The molecule has 3 atom stereocenters. The molecule has 0 aromatic carbocycles. The van der Waals surface area contributed by atoms with E-state index in [1.165, 1.54) is 90.4 Å². The maximum absolute atomic E-state index is 11.6. The highest BCUT2D eigenvalue weighted by Gasteiger charge is 2.35. The molecule has 0 amide bonds. The second-order valence-corrected chi connectivity index (χ2v) is 11.6. The van der Waals surface area contributed by atoms with Crippen molar-refractivity contribution in [2.75, 3.05) is 19.6 Å². The lowest BCUT2D eigenvalue weighted by Crippen LogP contribution is -2.54. The van der Waals surface area contributed by atoms with Crippen LogP contribution in [-0.4, -0.2) is 52.2 Å². The SMILES string of the molecule is CCCCCCCCCCCCCCCCC/C=C/[N+](CC(C)C(=O)[O-])(CC(C)C(=O)O)CC(C)C(=O)O. The molecule has 0 aliphatic rings. The lowest BCUT2D eigenvalue weighted by Gasteiger charge is -2.39. The Morgan fingerprint density at radius 2 is 0.974 bits per heavy atom. The van der Waals surface area contributed by atoms with Crippen LogP contribution in [0, 0.1) is 17.8 Å². The predicted octanol–water partition coefficient (Wildman–Crippen LogP) is 6.41. The van der Waals surface area contributed by atoms with Crippen LogP contribution in [0.2, 0.25) is 0 Å². The van der Waals surface area contributed by atoms with Crippen molar-refractivity contribution in [3.63, 3.8) is 0 Å². The van der Waals surface area contributed by atoms with Gasteiger partial charge in [-0.1, -0.05) is 104 Å². The molecule has 7 nitrogen and oxygen atoms in total. The molecular weight excluding hydrogens is 482 g/mol. The zero-order valence-corrected chi connectivity index (χ0v) is 24.8. The Hall–Kier alpha value is -1.89. The maximum atomic E-state index is 11.6. The van der Waals surface area contributed by atoms with Crippen LogP contribution >= 0.6 is 0 Å². The van der Waals surface area contributed by atoms with E-state index in [1.54, 1.807) is 13.8 Å². The van der Waals surface area contributed by atoms with Crippen LogP contribution in [0.1, 0.15) is 130 Å². The van der Waals surface area contributed by atoms with E-state index in [1.807, 2.05) is 12.3 Å². The summed E-state index contributed by atoms with van der Waals surface area (Å²) in [6.07, 6.45) is 24.1. The third-order valence-corrected chi connectivity index (χ3v) is 7.55. The Kier molecular flexibility index (Phi) is 20.9. The molecule has 0 aliphatic heterocycles. The van der Waals surface area contributed by atoms with E-state index in [0.29, 0.717) is 0 Å². The summed E-state index contributed by atoms with van der Waals surface area (Å²) >= 11 is 0. The summed E-state index contributed by atoms with van der Waals surface area (Å²) in [5.74, 6) is -5.47. The average molecular weight is 540 g/mol. The molecule has 0 aromatic rings. The van der Waals surface area contributed by atoms with E-state index >= 15 is 0 Å². The van der Waals surface area contributed by atoms with Crippen molar-refractivity contribution >= 4 is 17.9 Å². The Labute approximate surface area is 232 Å². The van der Waals surface area contributed by atoms with Crippen molar-refractivity contribution in [2.24, 2.45) is 17.8 Å². The quantitative estimate of drug-likeness (QED) is 0.0970. The van der Waals surface area contributed by atoms with Crippen molar-refractivity contribution in [2.45, 2.75) is 130 Å². The van der Waals surface area contributed by atoms with E-state index in [-0.39, 0.29) is 24.1 Å². The van der Waals surface area contributed by atoms with Gasteiger partial charge in [-0.05, 0) is 32.8 Å². The summed E-state index contributed by atoms with van der Waals surface area (Å²) in [6, 6.07) is 0. The highest BCUT2D eigenvalue weighted by atomic mass is 16.4. The number of hydrogen-bond donors (Lipinski definition) is 2. The summed E-state index contributed by atoms with van der Waals surface area (Å²) in [6.45, 7) is 7.32. The van der Waals surface area contributed by atoms with Gasteiger partial charge in [-0.15, -0.1) is 0 Å². The smallest absolute Gasteiger partial charge is 0.311 e. The van der Waals surface area contributed by atoms with Crippen LogP contribution in [-0.2, 0) is 14.4 Å². The minimum atomic E-state index is -1.21. The third-order valence-electron chi connectivity index (χ3n) is 7.55. The molecule has 0 saturated heterocycles. The number of hydrogen-bond acceptors (Lipinski definition) is 4. The second-order valence-electron chi connectivity index (χ2n) is 11.6. The van der Waals surface area contributed by atoms with Gasteiger partial charge in [-0.3, -0.25) is 14.1 Å². The number of carbonyl (C=O) groups excluding carboxylic acids is 1. The largest absolute Gasteiger partial charge is 0.550 e. The zero-order valence-electron chi connectivity index (χ0n) is 24.8. The van der Waals surface area contributed by atoms with Crippen LogP contribution in [0.3, 0.4) is 0 Å². The Bertz CT molecular complexity index is 622. The van der Waals surface area contributed by atoms with Crippen LogP contribution in [0.25, 0.3) is 0 Å². The van der Waals surface area contributed by atoms with Gasteiger partial charge in [0.05, 0.1) is 25.8 Å². The van der Waals surface area contributed by atoms with E-state index in [0.717, 1.165) is 19.3 Å². The highest BCUT2D eigenvalue weighted by Crippen LogP contribution is 2.22. The van der Waals surface area contributed by atoms with E-state index in [9.17, 15) is 29.7 Å². The summed E-state index contributed by atoms with van der Waals surface area (Å²) in [7, 11) is 0. The molecule has 0 bridgehead atoms. The molecule has 0 fully saturated rings. The van der Waals surface area contributed by atoms with Gasteiger partial charge in [0.2, 0.25) is 0 Å². The van der Waals surface area contributed by atoms with Gasteiger partial charge in [0.15, 0.2) is 0 Å². The number of nitrogens with zero attached hydrogens (tertiary/aromatic N) is 1. The molecule has 3 unspecified atom stereocenters. The number of carboxylic acid groups (broad SMARTS) is 3. The summed E-state index contributed by atoms with van der Waals surface area (Å²) in [5.41, 5.74) is 0. The van der Waals surface area contributed by atoms with Crippen LogP contribution in [0.4, 0.5) is 0 Å². The fourth-order valence-corrected chi connectivity index (χ4v) is 5.20. The molecule has 7 heteroatoms. The number of quaternary nitrogens is 1. The van der Waals surface area contributed by atoms with Crippen molar-refractivity contribution < 1.29 is 34.2 Å². The molecule has 0 radical (unpaired) electrons. The first-order valence-electron chi connectivity index (χ1n) is 15.2. The molecule has 2 N–H and O–H groups in total. The number of aliphatic carboxylic acids is 3. The van der Waals surface area contributed by atoms with Gasteiger partial charge in [0.1, 0.15) is 11.8 Å². The average Bonchev–Trinajstić information content (AvgIpc) is 2.85. The van der Waals surface area contributed by atoms with E-state index < -0.39 is 35.7 Å². The summed E-state index contributed by atoms with van der Waals surface area (Å²) < 4.78 is 0.00875. The molecule has 0 rings (SSSR count). The zero-order chi connectivity index (χ0) is 28.8. The predicted molar refractivity (Wildman–Crippen MR) is 151 cm³/mol. The fraction of sp³-hybridized carbons (Fsp3) is 0.839. The number of carbonyl (C=O) groups is 3. The standard InChI is InChI=1S/C31H57NO6/c1-5-6-7-8-9-10-11-12-13-14-15-16-17-18-19-20-21-22-32(23-26(2)29(33)34,24-27(3)30(35)36)25-28(4)31(37)38/h21-22,26-28H,5-20,23-25H2,1-4H3,(H2-,33,34,35,36,37,38)/b22-21+. The lowest BCUT2D eigenvalue weighted by atomic mass is 10.0. The minimum Gasteiger partial charge on any atom is -0.550 e. The number of carboxylic acids is 3. The topological polar surface area (TPSA) is 115 Å². The first-order chi connectivity index (χ1) is 18.0. The van der Waals surface area contributed by atoms with Crippen LogP contribution in [0.15, 0.2) is 12.3 Å². The summed E-state index contributed by atoms with van der Waals surface area (Å²) in [5, 5.41) is 30.4. The molecule has 0 spiro atoms. The normalized spacial score (nSPS) is 15.7. The molecule has 0 heterocycles. The summed E-state index contributed by atoms with van der Waals surface area (Å²) in [4.78, 5) is 34.6. The fourth-order valence-electron chi connectivity index (χ4n) is 5.20. The van der Waals surface area contributed by atoms with Crippen LogP contribution < -0.4 is 5.11 Å². The third kappa shape index (κ3) is 18.4. The van der Waals surface area contributed by atoms with Crippen molar-refractivity contribution in [3.8, 4) is 0 Å². The van der Waals surface area contributed by atoms with E-state index in [2.05, 4.69) is 6.92 Å². The molecule has 0 aliphatic carbocycles. The molecule has 222 valence electrons. The molecule has 0 saturated carbocycles. The number of allylic oxidation sites excluding steroid dienone is 1. The lowest BCUT2D eigenvalue weighted by molar-refractivity contribution is -0.886. The van der Waals surface area contributed by atoms with Crippen molar-refractivity contribution in [3.05, 3.63) is 12.3 Å². The monoisotopic (exact) mass is 539 g/mol. The Balaban J connectivity index is 4.52. The van der Waals surface area contributed by atoms with E-state index in [4.69, 9.17) is 0 Å². The number of rotatable bonds is 26. The van der Waals surface area contributed by atoms with Crippen molar-refractivity contribution in [1.29, 1.82) is 0 Å². The minimum absolute atomic E-state index is 0.00875. The van der Waals surface area contributed by atoms with Gasteiger partial charge in [-0.2, -0.15) is 0 Å². The Morgan fingerprint density at radius 1 is 0.632 bits per heavy atom. The van der Waals surface area contributed by atoms with Gasteiger partial charge in [0, 0.05) is 11.9 Å². The van der Waals surface area contributed by atoms with Crippen molar-refractivity contribution in [1.82, 2.24) is 0 Å². The second kappa shape index (κ2) is 22.0. The Morgan fingerprint density at radius 3 is 1.32 bits per heavy atom.